The second-order valence-corrected chi connectivity index (χ2v) is 5.97. The minimum atomic E-state index is -4.53. The van der Waals surface area contributed by atoms with Gasteiger partial charge in [0.15, 0.2) is 0 Å². The Morgan fingerprint density at radius 1 is 1.14 bits per heavy atom. The van der Waals surface area contributed by atoms with Crippen molar-refractivity contribution in [2.24, 2.45) is 5.41 Å². The fourth-order valence-corrected chi connectivity index (χ4v) is 1.87. The van der Waals surface area contributed by atoms with Crippen molar-refractivity contribution in [1.82, 2.24) is 10.6 Å². The molecule has 0 fully saturated rings. The highest BCUT2D eigenvalue weighted by Crippen LogP contribution is 2.29. The van der Waals surface area contributed by atoms with Crippen molar-refractivity contribution < 1.29 is 22.8 Å². The minimum Gasteiger partial charge on any atom is -0.357 e. The number of carbonyl (C=O) groups excluding carboxylic acids is 2. The smallest absolute Gasteiger partial charge is 0.357 e. The Morgan fingerprint density at radius 2 is 1.73 bits per heavy atom. The van der Waals surface area contributed by atoms with Gasteiger partial charge in [-0.2, -0.15) is 13.2 Å². The number of benzene rings is 1. The van der Waals surface area contributed by atoms with Crippen LogP contribution in [0, 0.1) is 5.41 Å². The van der Waals surface area contributed by atoms with Gasteiger partial charge in [-0.25, -0.2) is 0 Å². The summed E-state index contributed by atoms with van der Waals surface area (Å²) in [4.78, 5) is 24.0. The molecule has 0 saturated heterocycles. The standard InChI is InChI=1S/C15H19F3N2O2/c1-14(2,3)11(13(22)19-4)20-12(21)9-6-5-7-10(8-9)15(16,17)18/h5-8,11H,1-4H3,(H,19,22)(H,20,21). The number of likely N-dealkylation sites (N-methyl/N-ethyl adjacent to an activating group) is 1. The third kappa shape index (κ3) is 4.47. The van der Waals surface area contributed by atoms with Crippen LogP contribution < -0.4 is 10.6 Å². The van der Waals surface area contributed by atoms with Crippen molar-refractivity contribution in [3.8, 4) is 0 Å². The normalized spacial score (nSPS) is 13.4. The average molecular weight is 316 g/mol. The lowest BCUT2D eigenvalue weighted by Crippen LogP contribution is -2.52. The highest BCUT2D eigenvalue weighted by Gasteiger charge is 2.34. The van der Waals surface area contributed by atoms with Crippen LogP contribution in [0.2, 0.25) is 0 Å². The largest absolute Gasteiger partial charge is 0.416 e. The maximum Gasteiger partial charge on any atom is 0.416 e. The molecule has 4 nitrogen and oxygen atoms in total. The lowest BCUT2D eigenvalue weighted by molar-refractivity contribution is -0.137. The van der Waals surface area contributed by atoms with E-state index in [0.717, 1.165) is 18.2 Å². The summed E-state index contributed by atoms with van der Waals surface area (Å²) in [5, 5.41) is 4.91. The summed E-state index contributed by atoms with van der Waals surface area (Å²) in [6.07, 6.45) is -4.53. The predicted molar refractivity (Wildman–Crippen MR) is 76.2 cm³/mol. The number of rotatable bonds is 3. The van der Waals surface area contributed by atoms with Gasteiger partial charge in [-0.3, -0.25) is 9.59 Å². The van der Waals surface area contributed by atoms with E-state index in [-0.39, 0.29) is 5.56 Å². The summed E-state index contributed by atoms with van der Waals surface area (Å²) < 4.78 is 38.0. The van der Waals surface area contributed by atoms with E-state index in [1.54, 1.807) is 20.8 Å². The van der Waals surface area contributed by atoms with Crippen LogP contribution in [0.1, 0.15) is 36.7 Å². The van der Waals surface area contributed by atoms with Crippen molar-refractivity contribution in [1.29, 1.82) is 0 Å². The molecule has 1 aromatic carbocycles. The van der Waals surface area contributed by atoms with Crippen LogP contribution in [0.5, 0.6) is 0 Å². The van der Waals surface area contributed by atoms with Gasteiger partial charge in [0.2, 0.25) is 5.91 Å². The number of alkyl halides is 3. The summed E-state index contributed by atoms with van der Waals surface area (Å²) in [6.45, 7) is 5.25. The lowest BCUT2D eigenvalue weighted by Gasteiger charge is -2.29. The molecule has 1 unspecified atom stereocenters. The molecule has 2 amide bonds. The molecule has 0 bridgehead atoms. The molecular weight excluding hydrogens is 297 g/mol. The molecule has 7 heteroatoms. The maximum absolute atomic E-state index is 12.7. The number of hydrogen-bond donors (Lipinski definition) is 2. The fourth-order valence-electron chi connectivity index (χ4n) is 1.87. The Labute approximate surface area is 127 Å². The summed E-state index contributed by atoms with van der Waals surface area (Å²) in [6, 6.07) is 3.22. The molecule has 0 aliphatic heterocycles. The molecular formula is C15H19F3N2O2. The Balaban J connectivity index is 3.03. The van der Waals surface area contributed by atoms with Crippen LogP contribution >= 0.6 is 0 Å². The van der Waals surface area contributed by atoms with Gasteiger partial charge in [0.1, 0.15) is 6.04 Å². The first-order chi connectivity index (χ1) is 9.96. The Hall–Kier alpha value is -2.05. The molecule has 1 aromatic rings. The Morgan fingerprint density at radius 3 is 2.18 bits per heavy atom. The van der Waals surface area contributed by atoms with E-state index in [4.69, 9.17) is 0 Å². The predicted octanol–water partition coefficient (Wildman–Crippen LogP) is 2.60. The van der Waals surface area contributed by atoms with Crippen molar-refractivity contribution in [3.63, 3.8) is 0 Å². The highest BCUT2D eigenvalue weighted by molar-refractivity contribution is 5.97. The zero-order valence-electron chi connectivity index (χ0n) is 12.8. The second kappa shape index (κ2) is 6.37. The van der Waals surface area contributed by atoms with Gasteiger partial charge in [-0.1, -0.05) is 26.8 Å². The molecule has 0 radical (unpaired) electrons. The fraction of sp³-hybridized carbons (Fsp3) is 0.467. The number of hydrogen-bond acceptors (Lipinski definition) is 2. The minimum absolute atomic E-state index is 0.145. The van der Waals surface area contributed by atoms with Crippen LogP contribution in [0.3, 0.4) is 0 Å². The number of amides is 2. The Bertz CT molecular complexity index is 563. The van der Waals surface area contributed by atoms with Gasteiger partial charge in [-0.15, -0.1) is 0 Å². The van der Waals surface area contributed by atoms with E-state index >= 15 is 0 Å². The average Bonchev–Trinajstić information content (AvgIpc) is 2.41. The van der Waals surface area contributed by atoms with E-state index in [9.17, 15) is 22.8 Å². The molecule has 22 heavy (non-hydrogen) atoms. The lowest BCUT2D eigenvalue weighted by atomic mass is 9.86. The highest BCUT2D eigenvalue weighted by atomic mass is 19.4. The quantitative estimate of drug-likeness (QED) is 0.900. The van der Waals surface area contributed by atoms with E-state index < -0.39 is 35.0 Å². The van der Waals surface area contributed by atoms with Crippen molar-refractivity contribution in [2.45, 2.75) is 33.0 Å². The maximum atomic E-state index is 12.7. The molecule has 1 atom stereocenters. The SMILES string of the molecule is CNC(=O)C(NC(=O)c1cccc(C(F)(F)F)c1)C(C)(C)C. The van der Waals surface area contributed by atoms with Gasteiger partial charge < -0.3 is 10.6 Å². The second-order valence-electron chi connectivity index (χ2n) is 5.97. The van der Waals surface area contributed by atoms with Crippen molar-refractivity contribution in [3.05, 3.63) is 35.4 Å². The van der Waals surface area contributed by atoms with Gasteiger partial charge in [-0.05, 0) is 23.6 Å². The Kier molecular flexibility index (Phi) is 5.22. The summed E-state index contributed by atoms with van der Waals surface area (Å²) in [5.41, 5.74) is -1.64. The van der Waals surface area contributed by atoms with Crippen LogP contribution in [0.4, 0.5) is 13.2 Å². The summed E-state index contributed by atoms with van der Waals surface area (Å²) >= 11 is 0. The zero-order chi connectivity index (χ0) is 17.1. The molecule has 0 spiro atoms. The van der Waals surface area contributed by atoms with Crippen LogP contribution in [-0.2, 0) is 11.0 Å². The third-order valence-corrected chi connectivity index (χ3v) is 3.10. The van der Waals surface area contributed by atoms with Gasteiger partial charge in [0.05, 0.1) is 5.56 Å². The molecule has 0 heterocycles. The summed E-state index contributed by atoms with van der Waals surface area (Å²) in [5.74, 6) is -1.14. The zero-order valence-corrected chi connectivity index (χ0v) is 12.8. The van der Waals surface area contributed by atoms with E-state index in [1.807, 2.05) is 0 Å². The summed E-state index contributed by atoms with van der Waals surface area (Å²) in [7, 11) is 1.43. The molecule has 2 N–H and O–H groups in total. The number of carbonyl (C=O) groups is 2. The van der Waals surface area contributed by atoms with E-state index in [1.165, 1.54) is 13.1 Å². The topological polar surface area (TPSA) is 58.2 Å². The molecule has 0 aliphatic carbocycles. The van der Waals surface area contributed by atoms with Crippen LogP contribution in [-0.4, -0.2) is 24.9 Å². The third-order valence-electron chi connectivity index (χ3n) is 3.10. The van der Waals surface area contributed by atoms with Crippen LogP contribution in [0.25, 0.3) is 0 Å². The molecule has 1 rings (SSSR count). The monoisotopic (exact) mass is 316 g/mol. The van der Waals surface area contributed by atoms with Crippen molar-refractivity contribution >= 4 is 11.8 Å². The molecule has 0 aliphatic rings. The first-order valence-electron chi connectivity index (χ1n) is 6.66. The van der Waals surface area contributed by atoms with Crippen molar-refractivity contribution in [2.75, 3.05) is 7.05 Å². The van der Waals surface area contributed by atoms with Gasteiger partial charge in [0, 0.05) is 12.6 Å². The molecule has 122 valence electrons. The molecule has 0 aromatic heterocycles. The van der Waals surface area contributed by atoms with E-state index in [0.29, 0.717) is 0 Å². The van der Waals surface area contributed by atoms with Crippen LogP contribution in [0.15, 0.2) is 24.3 Å². The van der Waals surface area contributed by atoms with Gasteiger partial charge >= 0.3 is 6.18 Å². The molecule has 0 saturated carbocycles. The first kappa shape index (κ1) is 18.0. The number of halogens is 3. The first-order valence-corrected chi connectivity index (χ1v) is 6.66. The number of nitrogens with one attached hydrogen (secondary N) is 2. The van der Waals surface area contributed by atoms with E-state index in [2.05, 4.69) is 10.6 Å². The van der Waals surface area contributed by atoms with Gasteiger partial charge in [0.25, 0.3) is 5.91 Å².